The monoisotopic (exact) mass is 404 g/mol. The van der Waals surface area contributed by atoms with Crippen molar-refractivity contribution in [3.63, 3.8) is 0 Å². The van der Waals surface area contributed by atoms with E-state index in [0.717, 1.165) is 44.9 Å². The van der Waals surface area contributed by atoms with Crippen LogP contribution in [0.25, 0.3) is 0 Å². The van der Waals surface area contributed by atoms with E-state index in [1.165, 1.54) is 13.8 Å². The van der Waals surface area contributed by atoms with Gasteiger partial charge in [-0.2, -0.15) is 0 Å². The van der Waals surface area contributed by atoms with Gasteiger partial charge in [-0.25, -0.2) is 0 Å². The van der Waals surface area contributed by atoms with Gasteiger partial charge in [-0.15, -0.1) is 0 Å². The molecule has 162 valence electrons. The number of hydrogen-bond acceptors (Lipinski definition) is 5. The zero-order valence-corrected chi connectivity index (χ0v) is 18.6. The molecule has 0 aromatic heterocycles. The lowest BCUT2D eigenvalue weighted by Crippen LogP contribution is -2.46. The van der Waals surface area contributed by atoms with Crippen LogP contribution < -0.4 is 0 Å². The SMILES string of the molecule is CC(=O)O[C@H]1CC[C@@]2(C)[C@@H]3CC[C@@]4(C)[C@@H](OC(C)=O)CC[C@@H]4[C@@H]3C[C@]2(C)C(=O)C1. The molecule has 0 saturated heterocycles. The van der Waals surface area contributed by atoms with Crippen molar-refractivity contribution >= 4 is 17.7 Å². The van der Waals surface area contributed by atoms with Gasteiger partial charge in [-0.05, 0) is 68.1 Å². The molecule has 0 unspecified atom stereocenters. The van der Waals surface area contributed by atoms with Crippen molar-refractivity contribution in [2.75, 3.05) is 0 Å². The largest absolute Gasteiger partial charge is 0.462 e. The van der Waals surface area contributed by atoms with Gasteiger partial charge in [0.2, 0.25) is 0 Å². The van der Waals surface area contributed by atoms with Gasteiger partial charge in [-0.3, -0.25) is 14.4 Å². The van der Waals surface area contributed by atoms with Crippen LogP contribution in [0.15, 0.2) is 0 Å². The number of carbonyl (C=O) groups excluding carboxylic acids is 3. The molecule has 0 N–H and O–H groups in total. The molecule has 4 saturated carbocycles. The molecule has 0 aromatic rings. The Morgan fingerprint density at radius 3 is 2.24 bits per heavy atom. The molecule has 0 bridgehead atoms. The number of carbonyl (C=O) groups is 3. The van der Waals surface area contributed by atoms with E-state index in [1.54, 1.807) is 0 Å². The van der Waals surface area contributed by atoms with Crippen LogP contribution in [0.5, 0.6) is 0 Å². The Bertz CT molecular complexity index is 731. The molecule has 5 heteroatoms. The highest BCUT2D eigenvalue weighted by Crippen LogP contribution is 2.71. The molecule has 4 aliphatic carbocycles. The maximum atomic E-state index is 13.5. The Labute approximate surface area is 174 Å². The first-order chi connectivity index (χ1) is 13.5. The highest BCUT2D eigenvalue weighted by molar-refractivity contribution is 5.87. The van der Waals surface area contributed by atoms with Crippen LogP contribution in [0.3, 0.4) is 0 Å². The standard InChI is InChI=1S/C24H36O5/c1-14(25)28-16-8-11-23(4)19-9-10-22(3)18(6-7-21(22)29-15(2)26)17(19)13-24(23,5)20(27)12-16/h16-19,21H,6-13H2,1-5H3/t16-,17-,18+,19+,21-,22+,23-,24+/m0/s1. The molecule has 0 spiro atoms. The van der Waals surface area contributed by atoms with Gasteiger partial charge in [0.15, 0.2) is 0 Å². The third-order valence-electron chi connectivity index (χ3n) is 9.73. The average Bonchev–Trinajstić information content (AvgIpc) is 3.02. The van der Waals surface area contributed by atoms with Crippen molar-refractivity contribution in [3.05, 3.63) is 0 Å². The summed E-state index contributed by atoms with van der Waals surface area (Å²) < 4.78 is 11.2. The normalized spacial score (nSPS) is 48.9. The predicted molar refractivity (Wildman–Crippen MR) is 108 cm³/mol. The molecular formula is C24H36O5. The van der Waals surface area contributed by atoms with Gasteiger partial charge in [0.05, 0.1) is 0 Å². The van der Waals surface area contributed by atoms with E-state index >= 15 is 0 Å². The van der Waals surface area contributed by atoms with Crippen LogP contribution >= 0.6 is 0 Å². The van der Waals surface area contributed by atoms with Gasteiger partial charge in [0.1, 0.15) is 18.0 Å². The third kappa shape index (κ3) is 2.97. The molecular weight excluding hydrogens is 368 g/mol. The van der Waals surface area contributed by atoms with Crippen LogP contribution in [-0.4, -0.2) is 29.9 Å². The lowest BCUT2D eigenvalue weighted by Gasteiger charge is -2.50. The Morgan fingerprint density at radius 1 is 0.897 bits per heavy atom. The average molecular weight is 405 g/mol. The number of esters is 2. The zero-order chi connectivity index (χ0) is 21.2. The van der Waals surface area contributed by atoms with Crippen LogP contribution in [0.1, 0.15) is 86.0 Å². The van der Waals surface area contributed by atoms with E-state index in [0.29, 0.717) is 24.2 Å². The molecule has 8 atom stereocenters. The Hall–Kier alpha value is -1.39. The molecule has 29 heavy (non-hydrogen) atoms. The van der Waals surface area contributed by atoms with E-state index in [1.807, 2.05) is 0 Å². The zero-order valence-electron chi connectivity index (χ0n) is 18.6. The molecule has 5 nitrogen and oxygen atoms in total. The number of rotatable bonds is 2. The molecule has 4 rings (SSSR count). The van der Waals surface area contributed by atoms with E-state index < -0.39 is 0 Å². The van der Waals surface area contributed by atoms with Crippen molar-refractivity contribution < 1.29 is 23.9 Å². The lowest BCUT2D eigenvalue weighted by molar-refractivity contribution is -0.155. The molecule has 0 radical (unpaired) electrons. The summed E-state index contributed by atoms with van der Waals surface area (Å²) >= 11 is 0. The van der Waals surface area contributed by atoms with Crippen molar-refractivity contribution in [3.8, 4) is 0 Å². The number of fused-ring (bicyclic) bond motifs is 5. The maximum Gasteiger partial charge on any atom is 0.302 e. The Morgan fingerprint density at radius 2 is 1.59 bits per heavy atom. The molecule has 0 heterocycles. The quantitative estimate of drug-likeness (QED) is 0.636. The molecule has 0 amide bonds. The van der Waals surface area contributed by atoms with E-state index in [2.05, 4.69) is 20.8 Å². The first-order valence-electron chi connectivity index (χ1n) is 11.4. The van der Waals surface area contributed by atoms with Gasteiger partial charge in [0, 0.05) is 31.1 Å². The fraction of sp³-hybridized carbons (Fsp3) is 0.875. The smallest absolute Gasteiger partial charge is 0.302 e. The first-order valence-corrected chi connectivity index (χ1v) is 11.4. The molecule has 0 aliphatic heterocycles. The second-order valence-electron chi connectivity index (χ2n) is 10.9. The fourth-order valence-corrected chi connectivity index (χ4v) is 8.05. The van der Waals surface area contributed by atoms with Crippen LogP contribution in [0.4, 0.5) is 0 Å². The van der Waals surface area contributed by atoms with Crippen LogP contribution in [0, 0.1) is 34.0 Å². The summed E-state index contributed by atoms with van der Waals surface area (Å²) in [4.78, 5) is 36.6. The molecule has 4 aliphatic rings. The topological polar surface area (TPSA) is 69.7 Å². The van der Waals surface area contributed by atoms with Gasteiger partial charge < -0.3 is 9.47 Å². The summed E-state index contributed by atoms with van der Waals surface area (Å²) in [5, 5.41) is 0. The van der Waals surface area contributed by atoms with Crippen molar-refractivity contribution in [1.29, 1.82) is 0 Å². The number of ketones is 1. The highest BCUT2D eigenvalue weighted by atomic mass is 16.5. The van der Waals surface area contributed by atoms with Gasteiger partial charge in [-0.1, -0.05) is 20.8 Å². The minimum absolute atomic E-state index is 0.0148. The highest BCUT2D eigenvalue weighted by Gasteiger charge is 2.68. The van der Waals surface area contributed by atoms with Crippen molar-refractivity contribution in [2.45, 2.75) is 98.2 Å². The van der Waals surface area contributed by atoms with Crippen molar-refractivity contribution in [2.24, 2.45) is 34.0 Å². The number of hydrogen-bond donors (Lipinski definition) is 0. The van der Waals surface area contributed by atoms with Crippen LogP contribution in [0.2, 0.25) is 0 Å². The summed E-state index contributed by atoms with van der Waals surface area (Å²) in [6.07, 6.45) is 6.91. The second kappa shape index (κ2) is 6.81. The summed E-state index contributed by atoms with van der Waals surface area (Å²) in [5.41, 5.74) is -0.376. The summed E-state index contributed by atoms with van der Waals surface area (Å²) in [6.45, 7) is 9.76. The Kier molecular flexibility index (Phi) is 4.90. The number of ether oxygens (including phenoxy) is 2. The van der Waals surface area contributed by atoms with Crippen molar-refractivity contribution in [1.82, 2.24) is 0 Å². The summed E-state index contributed by atoms with van der Waals surface area (Å²) in [5.74, 6) is 1.35. The molecule has 4 fully saturated rings. The minimum atomic E-state index is -0.359. The van der Waals surface area contributed by atoms with Crippen LogP contribution in [-0.2, 0) is 23.9 Å². The minimum Gasteiger partial charge on any atom is -0.462 e. The number of Topliss-reactive ketones (excluding diaryl/α,β-unsaturated/α-hetero) is 1. The second-order valence-corrected chi connectivity index (χ2v) is 10.9. The van der Waals surface area contributed by atoms with Gasteiger partial charge >= 0.3 is 11.9 Å². The van der Waals surface area contributed by atoms with E-state index in [-0.39, 0.29) is 46.2 Å². The first kappa shape index (κ1) is 20.9. The maximum absolute atomic E-state index is 13.5. The lowest BCUT2D eigenvalue weighted by atomic mass is 9.55. The third-order valence-corrected chi connectivity index (χ3v) is 9.73. The predicted octanol–water partition coefficient (Wildman–Crippen LogP) is 4.46. The fourth-order valence-electron chi connectivity index (χ4n) is 8.05. The summed E-state index contributed by atoms with van der Waals surface area (Å²) in [6, 6.07) is 0. The molecule has 0 aromatic carbocycles. The van der Waals surface area contributed by atoms with E-state index in [9.17, 15) is 14.4 Å². The Balaban J connectivity index is 1.62. The van der Waals surface area contributed by atoms with Gasteiger partial charge in [0.25, 0.3) is 0 Å². The summed E-state index contributed by atoms with van der Waals surface area (Å²) in [7, 11) is 0. The van der Waals surface area contributed by atoms with E-state index in [4.69, 9.17) is 9.47 Å².